The van der Waals surface area contributed by atoms with Gasteiger partial charge in [0.2, 0.25) is 35.4 Å². The van der Waals surface area contributed by atoms with Gasteiger partial charge in [-0.1, -0.05) is 70.5 Å². The number of aromatic nitrogens is 2. The fourth-order valence-corrected chi connectivity index (χ4v) is 6.79. The molecule has 0 spiro atoms. The van der Waals surface area contributed by atoms with Gasteiger partial charge in [-0.15, -0.1) is 0 Å². The van der Waals surface area contributed by atoms with Crippen molar-refractivity contribution in [3.8, 4) is 0 Å². The minimum atomic E-state index is -1.23. The number of nitrogens with two attached hydrogens (primary N) is 3. The number of amides is 6. The first-order valence-electron chi connectivity index (χ1n) is 20.0. The van der Waals surface area contributed by atoms with Crippen molar-refractivity contribution in [2.75, 3.05) is 6.54 Å². The molecule has 0 aliphatic carbocycles. The molecule has 0 saturated carbocycles. The van der Waals surface area contributed by atoms with E-state index in [-0.39, 0.29) is 18.8 Å². The molecule has 16 heteroatoms. The Morgan fingerprint density at radius 2 is 1.10 bits per heavy atom. The number of H-pyrrole nitrogens is 2. The summed E-state index contributed by atoms with van der Waals surface area (Å²) in [5, 5.41) is 15.5. The Kier molecular flexibility index (Phi) is 16.4. The molecule has 2 heterocycles. The first-order chi connectivity index (χ1) is 27.6. The van der Waals surface area contributed by atoms with Crippen molar-refractivity contribution in [2.45, 2.75) is 109 Å². The first kappa shape index (κ1) is 45.0. The summed E-state index contributed by atoms with van der Waals surface area (Å²) in [4.78, 5) is 87.5. The van der Waals surface area contributed by atoms with Crippen molar-refractivity contribution >= 4 is 57.2 Å². The zero-order chi connectivity index (χ0) is 42.5. The molecule has 58 heavy (non-hydrogen) atoms. The van der Waals surface area contributed by atoms with Gasteiger partial charge in [0.1, 0.15) is 30.2 Å². The van der Waals surface area contributed by atoms with Crippen LogP contribution in [0.4, 0.5) is 0 Å². The molecule has 0 bridgehead atoms. The lowest BCUT2D eigenvalue weighted by Gasteiger charge is -2.29. The lowest BCUT2D eigenvalue weighted by molar-refractivity contribution is -0.135. The van der Waals surface area contributed by atoms with E-state index < -0.39 is 77.6 Å². The van der Waals surface area contributed by atoms with Gasteiger partial charge in [0.15, 0.2) is 0 Å². The monoisotopic (exact) mass is 800 g/mol. The molecule has 2 aromatic carbocycles. The van der Waals surface area contributed by atoms with Gasteiger partial charge in [-0.05, 0) is 67.8 Å². The highest BCUT2D eigenvalue weighted by atomic mass is 16.2. The van der Waals surface area contributed by atoms with Crippen molar-refractivity contribution in [3.63, 3.8) is 0 Å². The highest BCUT2D eigenvalue weighted by Gasteiger charge is 2.34. The summed E-state index contributed by atoms with van der Waals surface area (Å²) in [6.07, 6.45) is 5.65. The van der Waals surface area contributed by atoms with Gasteiger partial charge in [-0.2, -0.15) is 0 Å². The highest BCUT2D eigenvalue weighted by Crippen LogP contribution is 2.21. The second-order valence-corrected chi connectivity index (χ2v) is 15.7. The van der Waals surface area contributed by atoms with E-state index in [4.69, 9.17) is 17.2 Å². The molecule has 0 radical (unpaired) electrons. The zero-order valence-corrected chi connectivity index (χ0v) is 34.0. The third-order valence-electron chi connectivity index (χ3n) is 10.1. The Balaban J connectivity index is 1.61. The lowest BCUT2D eigenvalue weighted by Crippen LogP contribution is -2.61. The standard InChI is InChI=1S/C42H60N10O6/c1-23(2)18-33(49-38(54)30(44)14-10-11-17-43)41(57)52-36(24(3)4)42(58)51-35(20-27-22-47-32-16-9-7-13-29(27)32)40(56)50-34(39(55)48-25(5)37(45)53)19-26-21-46-31-15-8-6-12-28(26)31/h6-9,12-13,15-16,21-25,30,33-36,46-47H,10-11,14,17-20,43-44H2,1-5H3,(H2,45,53)(H,48,55)(H,49,54)(H,50,56)(H,51,58)(H,52,57)/t25-,30-,33-,34-,35-,36-/m1/s1. The van der Waals surface area contributed by atoms with E-state index in [1.54, 1.807) is 26.2 Å². The number of primary amides is 1. The van der Waals surface area contributed by atoms with Gasteiger partial charge in [0.05, 0.1) is 6.04 Å². The molecule has 314 valence electrons. The molecule has 2 aromatic heterocycles. The normalized spacial score (nSPS) is 14.6. The molecule has 4 rings (SSSR count). The number of rotatable bonds is 22. The topological polar surface area (TPSA) is 272 Å². The molecule has 0 unspecified atom stereocenters. The van der Waals surface area contributed by atoms with Crippen LogP contribution in [-0.2, 0) is 41.6 Å². The predicted octanol–water partition coefficient (Wildman–Crippen LogP) is 1.52. The predicted molar refractivity (Wildman–Crippen MR) is 224 cm³/mol. The van der Waals surface area contributed by atoms with Gasteiger partial charge in [-0.3, -0.25) is 28.8 Å². The summed E-state index contributed by atoms with van der Waals surface area (Å²) in [7, 11) is 0. The highest BCUT2D eigenvalue weighted by molar-refractivity contribution is 5.97. The number of unbranched alkanes of at least 4 members (excludes halogenated alkanes) is 1. The number of aromatic amines is 2. The SMILES string of the molecule is CC(C)C[C@@H](NC(=O)[C@H](N)CCCCN)C(=O)N[C@@H](C(=O)N[C@H](Cc1c[nH]c2ccccc12)C(=O)N[C@H](Cc1c[nH]c2ccccc12)C(=O)N[C@H](C)C(N)=O)C(C)C. The van der Waals surface area contributed by atoms with Crippen molar-refractivity contribution in [3.05, 3.63) is 72.1 Å². The third-order valence-corrected chi connectivity index (χ3v) is 10.1. The number of hydrogen-bond donors (Lipinski definition) is 10. The number of carbonyl (C=O) groups excluding carboxylic acids is 6. The van der Waals surface area contributed by atoms with Gasteiger partial charge in [0, 0.05) is 47.0 Å². The van der Waals surface area contributed by atoms with Crippen LogP contribution in [0.3, 0.4) is 0 Å². The maximum absolute atomic E-state index is 14.4. The Morgan fingerprint density at radius 1 is 0.621 bits per heavy atom. The van der Waals surface area contributed by atoms with Crippen LogP contribution in [0.2, 0.25) is 0 Å². The summed E-state index contributed by atoms with van der Waals surface area (Å²) in [5.41, 5.74) is 20.3. The third kappa shape index (κ3) is 12.4. The average molecular weight is 801 g/mol. The van der Waals surface area contributed by atoms with Crippen molar-refractivity contribution in [2.24, 2.45) is 29.0 Å². The summed E-state index contributed by atoms with van der Waals surface area (Å²) in [6, 6.07) is 8.66. The van der Waals surface area contributed by atoms with Crippen LogP contribution in [0.25, 0.3) is 21.8 Å². The minimum Gasteiger partial charge on any atom is -0.368 e. The maximum atomic E-state index is 14.4. The van der Waals surface area contributed by atoms with E-state index >= 15 is 0 Å². The average Bonchev–Trinajstić information content (AvgIpc) is 3.79. The molecular weight excluding hydrogens is 741 g/mol. The van der Waals surface area contributed by atoms with E-state index in [1.165, 1.54) is 6.92 Å². The van der Waals surface area contributed by atoms with Gasteiger partial charge in [0.25, 0.3) is 0 Å². The molecule has 0 fully saturated rings. The van der Waals surface area contributed by atoms with Crippen molar-refractivity contribution in [1.82, 2.24) is 36.6 Å². The van der Waals surface area contributed by atoms with Crippen LogP contribution in [0.1, 0.15) is 71.4 Å². The second-order valence-electron chi connectivity index (χ2n) is 15.7. The zero-order valence-electron chi connectivity index (χ0n) is 34.0. The fraction of sp³-hybridized carbons (Fsp3) is 0.476. The maximum Gasteiger partial charge on any atom is 0.243 e. The second kappa shape index (κ2) is 21.1. The molecule has 13 N–H and O–H groups in total. The van der Waals surface area contributed by atoms with Crippen LogP contribution >= 0.6 is 0 Å². The van der Waals surface area contributed by atoms with E-state index in [0.717, 1.165) is 32.9 Å². The molecule has 4 aromatic rings. The number of carbonyl (C=O) groups is 6. The molecule has 0 aliphatic rings. The molecule has 6 amide bonds. The van der Waals surface area contributed by atoms with Crippen molar-refractivity contribution in [1.29, 1.82) is 0 Å². The number of fused-ring (bicyclic) bond motifs is 2. The molecular formula is C42H60N10O6. The Labute approximate surface area is 338 Å². The number of nitrogens with one attached hydrogen (secondary N) is 7. The van der Waals surface area contributed by atoms with Crippen LogP contribution < -0.4 is 43.8 Å². The number of benzene rings is 2. The Hall–Kier alpha value is -5.74. The van der Waals surface area contributed by atoms with Crippen LogP contribution in [0.15, 0.2) is 60.9 Å². The van der Waals surface area contributed by atoms with Crippen LogP contribution in [0.5, 0.6) is 0 Å². The van der Waals surface area contributed by atoms with Crippen LogP contribution in [-0.4, -0.2) is 88.2 Å². The largest absolute Gasteiger partial charge is 0.368 e. The Bertz CT molecular complexity index is 2040. The van der Waals surface area contributed by atoms with E-state index in [9.17, 15) is 28.8 Å². The van der Waals surface area contributed by atoms with Crippen molar-refractivity contribution < 1.29 is 28.8 Å². The minimum absolute atomic E-state index is 0.0143. The van der Waals surface area contributed by atoms with Gasteiger partial charge < -0.3 is 53.8 Å². The van der Waals surface area contributed by atoms with E-state index in [2.05, 4.69) is 36.6 Å². The summed E-state index contributed by atoms with van der Waals surface area (Å²) < 4.78 is 0. The van der Waals surface area contributed by atoms with Gasteiger partial charge in [-0.25, -0.2) is 0 Å². The van der Waals surface area contributed by atoms with Crippen LogP contribution in [0, 0.1) is 11.8 Å². The lowest BCUT2D eigenvalue weighted by atomic mass is 9.98. The summed E-state index contributed by atoms with van der Waals surface area (Å²) >= 11 is 0. The number of hydrogen-bond acceptors (Lipinski definition) is 8. The van der Waals surface area contributed by atoms with E-state index in [1.807, 2.05) is 62.4 Å². The van der Waals surface area contributed by atoms with Gasteiger partial charge >= 0.3 is 0 Å². The Morgan fingerprint density at radius 3 is 1.60 bits per heavy atom. The van der Waals surface area contributed by atoms with E-state index in [0.29, 0.717) is 32.2 Å². The summed E-state index contributed by atoms with van der Waals surface area (Å²) in [6.45, 7) is 9.25. The molecule has 0 saturated heterocycles. The smallest absolute Gasteiger partial charge is 0.243 e. The summed E-state index contributed by atoms with van der Waals surface area (Å²) in [5.74, 6) is -4.18. The first-order valence-corrected chi connectivity index (χ1v) is 20.0. The molecule has 16 nitrogen and oxygen atoms in total. The molecule has 6 atom stereocenters. The number of para-hydroxylation sites is 2. The fourth-order valence-electron chi connectivity index (χ4n) is 6.79. The molecule has 0 aliphatic heterocycles. The quantitative estimate of drug-likeness (QED) is 0.0520.